The van der Waals surface area contributed by atoms with Crippen LogP contribution >= 0.6 is 15.9 Å². The van der Waals surface area contributed by atoms with Crippen LogP contribution in [0.3, 0.4) is 0 Å². The highest BCUT2D eigenvalue weighted by molar-refractivity contribution is 9.10. The van der Waals surface area contributed by atoms with Crippen molar-refractivity contribution in [2.45, 2.75) is 51.1 Å². The maximum Gasteiger partial charge on any atom is 0.351 e. The highest BCUT2D eigenvalue weighted by atomic mass is 79.9. The van der Waals surface area contributed by atoms with E-state index in [1.54, 1.807) is 0 Å². The van der Waals surface area contributed by atoms with Crippen molar-refractivity contribution in [3.63, 3.8) is 0 Å². The van der Waals surface area contributed by atoms with E-state index >= 15 is 0 Å². The topological polar surface area (TPSA) is 115 Å². The average Bonchev–Trinajstić information content (AvgIpc) is 3.12. The number of anilines is 1. The fourth-order valence-electron chi connectivity index (χ4n) is 4.17. The molecule has 1 aromatic heterocycles. The molecule has 0 bridgehead atoms. The first-order chi connectivity index (χ1) is 17.3. The predicted octanol–water partition coefficient (Wildman–Crippen LogP) is 3.61. The van der Waals surface area contributed by atoms with Crippen molar-refractivity contribution in [1.29, 1.82) is 0 Å². The molecule has 4 rings (SSSR count). The van der Waals surface area contributed by atoms with Gasteiger partial charge in [-0.25, -0.2) is 4.79 Å². The summed E-state index contributed by atoms with van der Waals surface area (Å²) in [5.41, 5.74) is 5.99. The van der Waals surface area contributed by atoms with E-state index in [9.17, 15) is 9.59 Å². The van der Waals surface area contributed by atoms with Crippen LogP contribution in [0.1, 0.15) is 31.2 Å². The Hall–Kier alpha value is -3.05. The molecule has 190 valence electrons. The fraction of sp³-hybridized carbons (Fsp3) is 0.346. The zero-order valence-corrected chi connectivity index (χ0v) is 21.6. The van der Waals surface area contributed by atoms with Crippen molar-refractivity contribution < 1.29 is 23.7 Å². The molecule has 0 aliphatic carbocycles. The molecule has 0 saturated carbocycles. The number of rotatable bonds is 9. The Morgan fingerprint density at radius 2 is 1.72 bits per heavy atom. The number of benzene rings is 2. The number of halogens is 1. The van der Waals surface area contributed by atoms with Gasteiger partial charge in [-0.3, -0.25) is 9.36 Å². The van der Waals surface area contributed by atoms with Crippen molar-refractivity contribution in [2.24, 2.45) is 0 Å². The number of esters is 1. The van der Waals surface area contributed by atoms with E-state index in [1.165, 1.54) is 17.7 Å². The lowest BCUT2D eigenvalue weighted by Gasteiger charge is -2.31. The molecule has 3 aromatic rings. The zero-order valence-electron chi connectivity index (χ0n) is 20.0. The average molecular weight is 558 g/mol. The van der Waals surface area contributed by atoms with Crippen LogP contribution in [0.5, 0.6) is 0 Å². The third kappa shape index (κ3) is 6.01. The SMILES string of the molecule is CC(=O)OC1C(n2cc(Br)c(N)nc2=O)OC(C)(COCc2ccccc2)C1OCc1ccccc1. The summed E-state index contributed by atoms with van der Waals surface area (Å²) in [5.74, 6) is -0.490. The summed E-state index contributed by atoms with van der Waals surface area (Å²) >= 11 is 3.30. The van der Waals surface area contributed by atoms with Crippen molar-refractivity contribution >= 4 is 27.7 Å². The molecule has 36 heavy (non-hydrogen) atoms. The quantitative estimate of drug-likeness (QED) is 0.397. The van der Waals surface area contributed by atoms with Crippen LogP contribution in [-0.2, 0) is 37.0 Å². The minimum absolute atomic E-state index is 0.0455. The molecule has 1 saturated heterocycles. The third-order valence-corrected chi connectivity index (χ3v) is 6.47. The van der Waals surface area contributed by atoms with E-state index in [2.05, 4.69) is 20.9 Å². The lowest BCUT2D eigenvalue weighted by molar-refractivity contribution is -0.159. The van der Waals surface area contributed by atoms with Crippen LogP contribution < -0.4 is 11.4 Å². The molecular weight excluding hydrogens is 530 g/mol. The van der Waals surface area contributed by atoms with Gasteiger partial charge in [-0.05, 0) is 34.0 Å². The highest BCUT2D eigenvalue weighted by Crippen LogP contribution is 2.41. The van der Waals surface area contributed by atoms with E-state index < -0.39 is 35.7 Å². The Morgan fingerprint density at radius 1 is 1.11 bits per heavy atom. The first-order valence-corrected chi connectivity index (χ1v) is 12.2. The Labute approximate surface area is 217 Å². The summed E-state index contributed by atoms with van der Waals surface area (Å²) in [5, 5.41) is 0. The molecule has 2 aromatic carbocycles. The first-order valence-electron chi connectivity index (χ1n) is 11.4. The number of carbonyl (C=O) groups excluding carboxylic acids is 1. The fourth-order valence-corrected chi connectivity index (χ4v) is 4.48. The second-order valence-corrected chi connectivity index (χ2v) is 9.61. The molecule has 1 fully saturated rings. The van der Waals surface area contributed by atoms with Crippen molar-refractivity contribution in [2.75, 3.05) is 12.3 Å². The van der Waals surface area contributed by atoms with E-state index in [4.69, 9.17) is 24.7 Å². The number of aromatic nitrogens is 2. The zero-order chi connectivity index (χ0) is 25.7. The summed E-state index contributed by atoms with van der Waals surface area (Å²) in [7, 11) is 0. The Morgan fingerprint density at radius 3 is 2.33 bits per heavy atom. The molecule has 0 radical (unpaired) electrons. The van der Waals surface area contributed by atoms with E-state index in [0.717, 1.165) is 11.1 Å². The molecule has 10 heteroatoms. The normalized spacial score (nSPS) is 23.5. The first kappa shape index (κ1) is 26.0. The van der Waals surface area contributed by atoms with Gasteiger partial charge in [0.1, 0.15) is 17.5 Å². The van der Waals surface area contributed by atoms with Crippen molar-refractivity contribution in [3.05, 3.63) is 92.9 Å². The number of carbonyl (C=O) groups is 1. The lowest BCUT2D eigenvalue weighted by Crippen LogP contribution is -2.47. The van der Waals surface area contributed by atoms with Crippen LogP contribution in [0.2, 0.25) is 0 Å². The van der Waals surface area contributed by atoms with Gasteiger partial charge in [0.2, 0.25) is 0 Å². The van der Waals surface area contributed by atoms with Gasteiger partial charge < -0.3 is 24.7 Å². The molecule has 4 atom stereocenters. The van der Waals surface area contributed by atoms with E-state index in [-0.39, 0.29) is 19.0 Å². The standard InChI is InChI=1S/C26H28BrN3O6/c1-17(31)35-21-22(34-15-19-11-7-4-8-12-19)26(2,16-33-14-18-9-5-3-6-10-18)36-24(21)30-13-20(27)23(28)29-25(30)32/h3-13,21-22,24H,14-16H2,1-2H3,(H2,28,29,32). The number of nitrogens with two attached hydrogens (primary N) is 1. The van der Waals surface area contributed by atoms with Crippen LogP contribution in [0, 0.1) is 0 Å². The molecule has 1 aliphatic rings. The number of nitrogen functional groups attached to an aromatic ring is 1. The van der Waals surface area contributed by atoms with Gasteiger partial charge in [0.15, 0.2) is 12.3 Å². The predicted molar refractivity (Wildman–Crippen MR) is 136 cm³/mol. The van der Waals surface area contributed by atoms with Gasteiger partial charge in [-0.15, -0.1) is 0 Å². The van der Waals surface area contributed by atoms with Crippen LogP contribution in [0.15, 0.2) is 76.1 Å². The summed E-state index contributed by atoms with van der Waals surface area (Å²) in [6.07, 6.45) is -1.26. The maximum absolute atomic E-state index is 12.8. The van der Waals surface area contributed by atoms with Crippen molar-refractivity contribution in [3.8, 4) is 0 Å². The molecule has 0 spiro atoms. The maximum atomic E-state index is 12.8. The smallest absolute Gasteiger partial charge is 0.351 e. The minimum Gasteiger partial charge on any atom is -0.455 e. The molecule has 0 amide bonds. The Kier molecular flexibility index (Phi) is 8.20. The van der Waals surface area contributed by atoms with E-state index in [1.807, 2.05) is 67.6 Å². The van der Waals surface area contributed by atoms with E-state index in [0.29, 0.717) is 11.1 Å². The molecule has 2 N–H and O–H groups in total. The van der Waals surface area contributed by atoms with Gasteiger partial charge >= 0.3 is 11.7 Å². The minimum atomic E-state index is -1.07. The van der Waals surface area contributed by atoms with Crippen molar-refractivity contribution in [1.82, 2.24) is 9.55 Å². The third-order valence-electron chi connectivity index (χ3n) is 5.85. The summed E-state index contributed by atoms with van der Waals surface area (Å²) in [4.78, 5) is 28.7. The molecule has 1 aliphatic heterocycles. The van der Waals surface area contributed by atoms with Gasteiger partial charge in [0.25, 0.3) is 0 Å². The molecular formula is C26H28BrN3O6. The van der Waals surface area contributed by atoms with Crippen LogP contribution in [0.25, 0.3) is 0 Å². The number of hydrogen-bond acceptors (Lipinski definition) is 8. The number of nitrogens with zero attached hydrogens (tertiary/aromatic N) is 2. The molecule has 2 heterocycles. The van der Waals surface area contributed by atoms with Gasteiger partial charge in [-0.2, -0.15) is 4.98 Å². The van der Waals surface area contributed by atoms with Gasteiger partial charge in [0.05, 0.1) is 24.3 Å². The largest absolute Gasteiger partial charge is 0.455 e. The summed E-state index contributed by atoms with van der Waals surface area (Å²) in [6.45, 7) is 3.82. The highest BCUT2D eigenvalue weighted by Gasteiger charge is 2.56. The molecule has 9 nitrogen and oxygen atoms in total. The van der Waals surface area contributed by atoms with Gasteiger partial charge in [-0.1, -0.05) is 60.7 Å². The number of hydrogen-bond donors (Lipinski definition) is 1. The lowest BCUT2D eigenvalue weighted by atomic mass is 9.97. The monoisotopic (exact) mass is 557 g/mol. The van der Waals surface area contributed by atoms with Crippen LogP contribution in [0.4, 0.5) is 5.82 Å². The Bertz CT molecular complexity index is 1240. The summed E-state index contributed by atoms with van der Waals surface area (Å²) < 4.78 is 26.1. The molecule has 4 unspecified atom stereocenters. The van der Waals surface area contributed by atoms with Crippen LogP contribution in [-0.4, -0.2) is 39.9 Å². The number of ether oxygens (including phenoxy) is 4. The van der Waals surface area contributed by atoms with Gasteiger partial charge in [0, 0.05) is 13.1 Å². The Balaban J connectivity index is 1.65. The second-order valence-electron chi connectivity index (χ2n) is 8.75. The second kappa shape index (κ2) is 11.3. The summed E-state index contributed by atoms with van der Waals surface area (Å²) in [6, 6.07) is 19.3.